The second-order valence-corrected chi connectivity index (χ2v) is 6.77. The summed E-state index contributed by atoms with van der Waals surface area (Å²) >= 11 is 0. The summed E-state index contributed by atoms with van der Waals surface area (Å²) in [6, 6.07) is 13.6. The summed E-state index contributed by atoms with van der Waals surface area (Å²) in [4.78, 5) is 24.7. The number of amides is 1. The number of carbonyl (C=O) groups excluding carboxylic acids is 1. The molecule has 27 heavy (non-hydrogen) atoms. The van der Waals surface area contributed by atoms with Gasteiger partial charge in [-0.05, 0) is 30.2 Å². The molecule has 1 unspecified atom stereocenters. The lowest BCUT2D eigenvalue weighted by Gasteiger charge is -2.18. The first-order valence-electron chi connectivity index (χ1n) is 8.82. The van der Waals surface area contributed by atoms with Crippen molar-refractivity contribution in [1.82, 2.24) is 4.90 Å². The fraction of sp³-hybridized carbons (Fsp3) is 0.333. The number of likely N-dealkylation sites (tertiary alicyclic amines) is 1. The maximum atomic E-state index is 12.0. The van der Waals surface area contributed by atoms with E-state index in [4.69, 9.17) is 14.6 Å². The minimum absolute atomic E-state index is 0.0578. The minimum atomic E-state index is -0.928. The van der Waals surface area contributed by atoms with E-state index < -0.39 is 11.9 Å². The molecule has 0 spiro atoms. The van der Waals surface area contributed by atoms with Crippen molar-refractivity contribution in [2.75, 3.05) is 13.7 Å². The summed E-state index contributed by atoms with van der Waals surface area (Å²) in [5.41, 5.74) is 3.11. The monoisotopic (exact) mass is 369 g/mol. The van der Waals surface area contributed by atoms with Crippen LogP contribution in [0, 0.1) is 12.8 Å². The molecule has 142 valence electrons. The van der Waals surface area contributed by atoms with E-state index in [1.807, 2.05) is 43.3 Å². The van der Waals surface area contributed by atoms with Crippen molar-refractivity contribution in [3.8, 4) is 11.5 Å². The number of benzene rings is 2. The summed E-state index contributed by atoms with van der Waals surface area (Å²) in [5, 5.41) is 9.11. The molecule has 1 amide bonds. The molecule has 0 aliphatic carbocycles. The number of hydrogen-bond acceptors (Lipinski definition) is 4. The first-order chi connectivity index (χ1) is 13.0. The van der Waals surface area contributed by atoms with Crippen molar-refractivity contribution in [2.24, 2.45) is 5.92 Å². The highest BCUT2D eigenvalue weighted by Gasteiger charge is 2.34. The first-order valence-corrected chi connectivity index (χ1v) is 8.82. The van der Waals surface area contributed by atoms with Gasteiger partial charge in [0, 0.05) is 19.5 Å². The smallest absolute Gasteiger partial charge is 0.308 e. The van der Waals surface area contributed by atoms with Gasteiger partial charge in [0.2, 0.25) is 5.91 Å². The number of aliphatic carboxylic acids is 1. The van der Waals surface area contributed by atoms with E-state index in [1.54, 1.807) is 18.1 Å². The second-order valence-electron chi connectivity index (χ2n) is 6.77. The summed E-state index contributed by atoms with van der Waals surface area (Å²) in [5.74, 6) is -0.491. The number of aryl methyl sites for hydroxylation is 1. The third-order valence-electron chi connectivity index (χ3n) is 4.68. The largest absolute Gasteiger partial charge is 0.493 e. The quantitative estimate of drug-likeness (QED) is 0.812. The van der Waals surface area contributed by atoms with E-state index >= 15 is 0 Å². The zero-order chi connectivity index (χ0) is 19.4. The lowest BCUT2D eigenvalue weighted by molar-refractivity contribution is -0.141. The number of nitrogens with zero attached hydrogens (tertiary/aromatic N) is 1. The van der Waals surface area contributed by atoms with Crippen LogP contribution in [0.15, 0.2) is 42.5 Å². The van der Waals surface area contributed by atoms with Crippen LogP contribution in [0.4, 0.5) is 0 Å². The Bertz CT molecular complexity index is 831. The lowest BCUT2D eigenvalue weighted by Crippen LogP contribution is -2.25. The summed E-state index contributed by atoms with van der Waals surface area (Å²) in [6.45, 7) is 3.03. The molecule has 1 N–H and O–H groups in total. The van der Waals surface area contributed by atoms with Crippen LogP contribution >= 0.6 is 0 Å². The highest BCUT2D eigenvalue weighted by atomic mass is 16.5. The molecular weight excluding hydrogens is 346 g/mol. The summed E-state index contributed by atoms with van der Waals surface area (Å²) in [6.07, 6.45) is 0.0578. The van der Waals surface area contributed by atoms with Crippen molar-refractivity contribution in [2.45, 2.75) is 26.5 Å². The molecule has 2 aromatic rings. The number of carboxylic acids is 1. The number of methoxy groups -OCH3 is 1. The SMILES string of the molecule is COc1ccc(CN2CC(C(=O)O)CC2=O)cc1OCc1ccc(C)cc1. The molecule has 1 saturated heterocycles. The van der Waals surface area contributed by atoms with Crippen LogP contribution in [-0.4, -0.2) is 35.5 Å². The average Bonchev–Trinajstić information content (AvgIpc) is 3.02. The van der Waals surface area contributed by atoms with E-state index in [9.17, 15) is 9.59 Å². The van der Waals surface area contributed by atoms with Gasteiger partial charge in [-0.15, -0.1) is 0 Å². The van der Waals surface area contributed by atoms with Gasteiger partial charge in [0.05, 0.1) is 13.0 Å². The van der Waals surface area contributed by atoms with Gasteiger partial charge in [-0.1, -0.05) is 35.9 Å². The van der Waals surface area contributed by atoms with Crippen LogP contribution in [0.1, 0.15) is 23.1 Å². The molecule has 0 saturated carbocycles. The zero-order valence-corrected chi connectivity index (χ0v) is 15.5. The van der Waals surface area contributed by atoms with Gasteiger partial charge in [0.15, 0.2) is 11.5 Å². The normalized spacial score (nSPS) is 16.4. The van der Waals surface area contributed by atoms with Crippen LogP contribution in [-0.2, 0) is 22.7 Å². The standard InChI is InChI=1S/C21H23NO5/c1-14-3-5-15(6-4-14)13-27-19-9-16(7-8-18(19)26-2)11-22-12-17(21(24)25)10-20(22)23/h3-9,17H,10-13H2,1-2H3,(H,24,25). The molecule has 1 aliphatic heterocycles. The molecule has 0 bridgehead atoms. The Balaban J connectivity index is 1.70. The van der Waals surface area contributed by atoms with Crippen molar-refractivity contribution >= 4 is 11.9 Å². The molecule has 2 aromatic carbocycles. The molecule has 1 heterocycles. The van der Waals surface area contributed by atoms with Gasteiger partial charge in [-0.3, -0.25) is 9.59 Å². The van der Waals surface area contributed by atoms with E-state index in [1.165, 1.54) is 5.56 Å². The van der Waals surface area contributed by atoms with Gasteiger partial charge in [0.25, 0.3) is 0 Å². The van der Waals surface area contributed by atoms with E-state index in [2.05, 4.69) is 0 Å². The van der Waals surface area contributed by atoms with Gasteiger partial charge >= 0.3 is 5.97 Å². The van der Waals surface area contributed by atoms with E-state index in [0.29, 0.717) is 24.7 Å². The second kappa shape index (κ2) is 8.12. The molecule has 6 heteroatoms. The fourth-order valence-electron chi connectivity index (χ4n) is 3.09. The Hall–Kier alpha value is -3.02. The fourth-order valence-corrected chi connectivity index (χ4v) is 3.09. The molecule has 3 rings (SSSR count). The predicted octanol–water partition coefficient (Wildman–Crippen LogP) is 3.02. The maximum Gasteiger partial charge on any atom is 0.308 e. The molecule has 1 aliphatic rings. The van der Waals surface area contributed by atoms with Gasteiger partial charge < -0.3 is 19.5 Å². The number of rotatable bonds is 7. The number of hydrogen-bond donors (Lipinski definition) is 1. The van der Waals surface area contributed by atoms with E-state index in [0.717, 1.165) is 11.1 Å². The molecule has 0 aromatic heterocycles. The van der Waals surface area contributed by atoms with Crippen molar-refractivity contribution < 1.29 is 24.2 Å². The number of carbonyl (C=O) groups is 2. The molecule has 6 nitrogen and oxygen atoms in total. The molecule has 1 fully saturated rings. The highest BCUT2D eigenvalue weighted by molar-refractivity contribution is 5.86. The Kier molecular flexibility index (Phi) is 5.64. The van der Waals surface area contributed by atoms with Gasteiger partial charge in [-0.25, -0.2) is 0 Å². The zero-order valence-electron chi connectivity index (χ0n) is 15.5. The molecule has 0 radical (unpaired) electrons. The van der Waals surface area contributed by atoms with E-state index in [-0.39, 0.29) is 18.9 Å². The molecule has 1 atom stereocenters. The Morgan fingerprint density at radius 3 is 2.48 bits per heavy atom. The first kappa shape index (κ1) is 18.8. The third kappa shape index (κ3) is 4.58. The Morgan fingerprint density at radius 1 is 1.15 bits per heavy atom. The van der Waals surface area contributed by atoms with Crippen LogP contribution < -0.4 is 9.47 Å². The van der Waals surface area contributed by atoms with Crippen LogP contribution in [0.5, 0.6) is 11.5 Å². The van der Waals surface area contributed by atoms with Crippen molar-refractivity contribution in [3.05, 3.63) is 59.2 Å². The predicted molar refractivity (Wildman–Crippen MR) is 99.7 cm³/mol. The summed E-state index contributed by atoms with van der Waals surface area (Å²) in [7, 11) is 1.58. The Labute approximate surface area is 158 Å². The third-order valence-corrected chi connectivity index (χ3v) is 4.68. The number of ether oxygens (including phenoxy) is 2. The number of carboxylic acid groups (broad SMARTS) is 1. The van der Waals surface area contributed by atoms with Crippen molar-refractivity contribution in [1.29, 1.82) is 0 Å². The highest BCUT2D eigenvalue weighted by Crippen LogP contribution is 2.30. The Morgan fingerprint density at radius 2 is 1.85 bits per heavy atom. The lowest BCUT2D eigenvalue weighted by atomic mass is 10.1. The van der Waals surface area contributed by atoms with Crippen LogP contribution in [0.2, 0.25) is 0 Å². The summed E-state index contributed by atoms with van der Waals surface area (Å²) < 4.78 is 11.3. The molecular formula is C21H23NO5. The maximum absolute atomic E-state index is 12.0. The van der Waals surface area contributed by atoms with Gasteiger partial charge in [-0.2, -0.15) is 0 Å². The van der Waals surface area contributed by atoms with Crippen LogP contribution in [0.25, 0.3) is 0 Å². The van der Waals surface area contributed by atoms with Crippen molar-refractivity contribution in [3.63, 3.8) is 0 Å². The average molecular weight is 369 g/mol. The minimum Gasteiger partial charge on any atom is -0.493 e. The van der Waals surface area contributed by atoms with Gasteiger partial charge in [0.1, 0.15) is 6.61 Å². The topological polar surface area (TPSA) is 76.1 Å². The van der Waals surface area contributed by atoms with Crippen LogP contribution in [0.3, 0.4) is 0 Å².